The van der Waals surface area contributed by atoms with Gasteiger partial charge in [-0.3, -0.25) is 9.59 Å². The molecular weight excluding hydrogens is 224 g/mol. The number of aromatic amines is 1. The van der Waals surface area contributed by atoms with Gasteiger partial charge in [0.2, 0.25) is 0 Å². The van der Waals surface area contributed by atoms with Crippen molar-refractivity contribution in [1.29, 1.82) is 0 Å². The Morgan fingerprint density at radius 1 is 1.62 bits per heavy atom. The Morgan fingerprint density at radius 2 is 2.44 bits per heavy atom. The predicted octanol–water partition coefficient (Wildman–Crippen LogP) is 0.952. The quantitative estimate of drug-likeness (QED) is 0.792. The number of rotatable bonds is 1. The zero-order chi connectivity index (χ0) is 11.5. The van der Waals surface area contributed by atoms with Crippen LogP contribution < -0.4 is 5.43 Å². The lowest BCUT2D eigenvalue weighted by molar-refractivity contribution is 0.0761. The number of nitrogens with one attached hydrogen (secondary N) is 1. The first-order valence-electron chi connectivity index (χ1n) is 5.26. The van der Waals surface area contributed by atoms with Crippen molar-refractivity contribution in [3.05, 3.63) is 34.2 Å². The largest absolute Gasteiger partial charge is 0.367 e. The number of hydrogen-bond acceptors (Lipinski definition) is 3. The van der Waals surface area contributed by atoms with E-state index in [1.54, 1.807) is 4.90 Å². The van der Waals surface area contributed by atoms with Gasteiger partial charge in [-0.1, -0.05) is 6.92 Å². The molecule has 1 aromatic heterocycles. The molecule has 4 nitrogen and oxygen atoms in total. The van der Waals surface area contributed by atoms with E-state index in [2.05, 4.69) is 11.9 Å². The van der Waals surface area contributed by atoms with Crippen LogP contribution in [0.3, 0.4) is 0 Å². The molecule has 1 N–H and O–H groups in total. The summed E-state index contributed by atoms with van der Waals surface area (Å²) < 4.78 is 0. The molecule has 5 heteroatoms. The lowest BCUT2D eigenvalue weighted by atomic mass is 10.2. The first kappa shape index (κ1) is 11.3. The summed E-state index contributed by atoms with van der Waals surface area (Å²) in [6.45, 7) is 3.54. The molecule has 1 fully saturated rings. The summed E-state index contributed by atoms with van der Waals surface area (Å²) in [5.74, 6) is 0.784. The molecule has 0 radical (unpaired) electrons. The molecule has 0 bridgehead atoms. The Morgan fingerprint density at radius 3 is 3.12 bits per heavy atom. The maximum absolute atomic E-state index is 12.1. The van der Waals surface area contributed by atoms with Gasteiger partial charge in [0.25, 0.3) is 5.91 Å². The highest BCUT2D eigenvalue weighted by Crippen LogP contribution is 2.18. The molecular formula is C11H14N2O2S. The summed E-state index contributed by atoms with van der Waals surface area (Å²) in [6.07, 6.45) is 3.02. The van der Waals surface area contributed by atoms with E-state index in [4.69, 9.17) is 0 Å². The van der Waals surface area contributed by atoms with E-state index in [1.807, 2.05) is 11.8 Å². The van der Waals surface area contributed by atoms with Gasteiger partial charge in [0.15, 0.2) is 5.43 Å². The summed E-state index contributed by atoms with van der Waals surface area (Å²) in [7, 11) is 0. The molecule has 0 saturated carbocycles. The van der Waals surface area contributed by atoms with Gasteiger partial charge < -0.3 is 9.88 Å². The van der Waals surface area contributed by atoms with Crippen LogP contribution in [0.1, 0.15) is 17.3 Å². The van der Waals surface area contributed by atoms with E-state index in [0.29, 0.717) is 5.25 Å². The number of carbonyl (C=O) groups is 1. The minimum absolute atomic E-state index is 0.158. The first-order valence-corrected chi connectivity index (χ1v) is 6.31. The van der Waals surface area contributed by atoms with Gasteiger partial charge in [0, 0.05) is 42.6 Å². The van der Waals surface area contributed by atoms with Gasteiger partial charge in [-0.25, -0.2) is 0 Å². The summed E-state index contributed by atoms with van der Waals surface area (Å²) in [5, 5.41) is 0.445. The van der Waals surface area contributed by atoms with Crippen LogP contribution in [0, 0.1) is 0 Å². The molecule has 0 aromatic carbocycles. The fourth-order valence-electron chi connectivity index (χ4n) is 1.76. The number of nitrogens with zero attached hydrogens (tertiary/aromatic N) is 1. The van der Waals surface area contributed by atoms with Crippen molar-refractivity contribution in [2.24, 2.45) is 0 Å². The molecule has 86 valence electrons. The lowest BCUT2D eigenvalue weighted by Crippen LogP contribution is -2.42. The maximum Gasteiger partial charge on any atom is 0.259 e. The van der Waals surface area contributed by atoms with E-state index >= 15 is 0 Å². The predicted molar refractivity (Wildman–Crippen MR) is 64.9 cm³/mol. The Balaban J connectivity index is 2.19. The molecule has 1 aromatic rings. The zero-order valence-electron chi connectivity index (χ0n) is 9.10. The number of pyridine rings is 1. The number of H-pyrrole nitrogens is 1. The number of aromatic nitrogens is 1. The molecule has 0 aliphatic carbocycles. The average molecular weight is 238 g/mol. The second kappa shape index (κ2) is 4.74. The van der Waals surface area contributed by atoms with Crippen molar-refractivity contribution in [3.63, 3.8) is 0 Å². The third-order valence-electron chi connectivity index (χ3n) is 2.58. The minimum atomic E-state index is -0.213. The molecule has 1 unspecified atom stereocenters. The highest BCUT2D eigenvalue weighted by atomic mass is 32.2. The third-order valence-corrected chi connectivity index (χ3v) is 3.72. The van der Waals surface area contributed by atoms with E-state index in [-0.39, 0.29) is 16.9 Å². The van der Waals surface area contributed by atoms with Crippen molar-refractivity contribution in [2.75, 3.05) is 18.8 Å². The molecule has 1 aliphatic rings. The molecule has 1 amide bonds. The Bertz CT molecular complexity index is 444. The fraction of sp³-hybridized carbons (Fsp3) is 0.455. The topological polar surface area (TPSA) is 53.2 Å². The number of carbonyl (C=O) groups excluding carboxylic acids is 1. The Hall–Kier alpha value is -1.23. The summed E-state index contributed by atoms with van der Waals surface area (Å²) in [5.41, 5.74) is 0.0243. The number of thioether (sulfide) groups is 1. The van der Waals surface area contributed by atoms with Crippen LogP contribution in [0.15, 0.2) is 23.3 Å². The first-order chi connectivity index (χ1) is 7.68. The van der Waals surface area contributed by atoms with Gasteiger partial charge in [0.1, 0.15) is 5.56 Å². The van der Waals surface area contributed by atoms with Crippen molar-refractivity contribution in [3.8, 4) is 0 Å². The average Bonchev–Trinajstić information content (AvgIpc) is 2.29. The molecule has 16 heavy (non-hydrogen) atoms. The van der Waals surface area contributed by atoms with Gasteiger partial charge in [-0.15, -0.1) is 0 Å². The fourth-order valence-corrected chi connectivity index (χ4v) is 2.77. The Labute approximate surface area is 98.0 Å². The second-order valence-electron chi connectivity index (χ2n) is 3.85. The maximum atomic E-state index is 12.1. The van der Waals surface area contributed by atoms with Crippen LogP contribution in [0.25, 0.3) is 0 Å². The number of amides is 1. The summed E-state index contributed by atoms with van der Waals surface area (Å²) in [6, 6.07) is 1.38. The minimum Gasteiger partial charge on any atom is -0.367 e. The van der Waals surface area contributed by atoms with E-state index in [9.17, 15) is 9.59 Å². The molecule has 2 rings (SSSR count). The van der Waals surface area contributed by atoms with Crippen LogP contribution in [0.5, 0.6) is 0 Å². The van der Waals surface area contributed by atoms with Crippen molar-refractivity contribution < 1.29 is 4.79 Å². The van der Waals surface area contributed by atoms with Crippen LogP contribution in [0.4, 0.5) is 0 Å². The van der Waals surface area contributed by atoms with Crippen molar-refractivity contribution in [1.82, 2.24) is 9.88 Å². The van der Waals surface area contributed by atoms with Crippen LogP contribution in [0.2, 0.25) is 0 Å². The highest BCUT2D eigenvalue weighted by Gasteiger charge is 2.23. The SMILES string of the molecule is CC1CN(C(=O)c2c[nH]ccc2=O)CCS1. The summed E-state index contributed by atoms with van der Waals surface area (Å²) >= 11 is 1.86. The Kier molecular flexibility index (Phi) is 3.33. The third kappa shape index (κ3) is 2.29. The monoisotopic (exact) mass is 238 g/mol. The van der Waals surface area contributed by atoms with Gasteiger partial charge in [-0.2, -0.15) is 11.8 Å². The van der Waals surface area contributed by atoms with E-state index in [1.165, 1.54) is 18.5 Å². The van der Waals surface area contributed by atoms with Crippen LogP contribution in [-0.4, -0.2) is 39.9 Å². The van der Waals surface area contributed by atoms with Crippen molar-refractivity contribution >= 4 is 17.7 Å². The van der Waals surface area contributed by atoms with E-state index in [0.717, 1.165) is 18.8 Å². The standard InChI is InChI=1S/C11H14N2O2S/c1-8-7-13(4-5-16-8)11(15)9-6-12-3-2-10(9)14/h2-3,6,8H,4-5,7H2,1H3,(H,12,14). The molecule has 1 saturated heterocycles. The molecule has 1 aliphatic heterocycles. The second-order valence-corrected chi connectivity index (χ2v) is 5.40. The lowest BCUT2D eigenvalue weighted by Gasteiger charge is -2.30. The van der Waals surface area contributed by atoms with Crippen LogP contribution in [-0.2, 0) is 0 Å². The van der Waals surface area contributed by atoms with Gasteiger partial charge in [-0.05, 0) is 0 Å². The zero-order valence-corrected chi connectivity index (χ0v) is 9.92. The van der Waals surface area contributed by atoms with Crippen molar-refractivity contribution in [2.45, 2.75) is 12.2 Å². The van der Waals surface area contributed by atoms with Gasteiger partial charge >= 0.3 is 0 Å². The number of hydrogen-bond donors (Lipinski definition) is 1. The van der Waals surface area contributed by atoms with Crippen LogP contribution >= 0.6 is 11.8 Å². The normalized spacial score (nSPS) is 20.8. The van der Waals surface area contributed by atoms with Gasteiger partial charge in [0.05, 0.1) is 0 Å². The molecule has 1 atom stereocenters. The summed E-state index contributed by atoms with van der Waals surface area (Å²) in [4.78, 5) is 28.1. The molecule has 0 spiro atoms. The smallest absolute Gasteiger partial charge is 0.259 e. The highest BCUT2D eigenvalue weighted by molar-refractivity contribution is 7.99. The molecule has 2 heterocycles. The van der Waals surface area contributed by atoms with E-state index < -0.39 is 0 Å².